The second-order valence-corrected chi connectivity index (χ2v) is 8.96. The summed E-state index contributed by atoms with van der Waals surface area (Å²) in [6.45, 7) is 7.23. The van der Waals surface area contributed by atoms with Gasteiger partial charge in [0.25, 0.3) is 5.56 Å². The number of rotatable bonds is 8. The van der Waals surface area contributed by atoms with Crippen LogP contribution in [-0.4, -0.2) is 39.8 Å². The zero-order chi connectivity index (χ0) is 18.7. The first-order valence-electron chi connectivity index (χ1n) is 8.24. The molecule has 140 valence electrons. The predicted molar refractivity (Wildman–Crippen MR) is 93.9 cm³/mol. The van der Waals surface area contributed by atoms with E-state index in [2.05, 4.69) is 4.98 Å². The predicted octanol–water partition coefficient (Wildman–Crippen LogP) is 2.83. The van der Waals surface area contributed by atoms with Crippen molar-refractivity contribution in [1.82, 2.24) is 9.55 Å². The molecule has 1 aliphatic rings. The summed E-state index contributed by atoms with van der Waals surface area (Å²) in [5, 5.41) is 0.298. The number of hydrogen-bond donors (Lipinski definition) is 0. The molecular formula is C15H23N2O6PS. The van der Waals surface area contributed by atoms with E-state index in [1.54, 1.807) is 31.5 Å². The van der Waals surface area contributed by atoms with E-state index < -0.39 is 29.7 Å². The van der Waals surface area contributed by atoms with Crippen LogP contribution >= 0.6 is 19.4 Å². The molecule has 0 spiro atoms. The monoisotopic (exact) mass is 390 g/mol. The number of fused-ring (bicyclic) bond motifs is 1. The van der Waals surface area contributed by atoms with E-state index in [9.17, 15) is 14.2 Å². The van der Waals surface area contributed by atoms with Crippen LogP contribution in [0.1, 0.15) is 40.2 Å². The maximum atomic E-state index is 13.7. The largest absolute Gasteiger partial charge is 0.464 e. The zero-order valence-electron chi connectivity index (χ0n) is 14.8. The van der Waals surface area contributed by atoms with Crippen molar-refractivity contribution in [1.29, 1.82) is 0 Å². The smallest absolute Gasteiger partial charge is 0.360 e. The SMILES string of the molecule is CCOC(=O)C1(P(=O)(OCC)OCC)Sc2nc(=O)ccn2C1CC. The Bertz CT molecular complexity index is 729. The standard InChI is InChI=1S/C15H23N2O6PS/c1-5-11-15(13(19)21-6-2,24(20,22-7-3)23-8-4)25-14-16-12(18)9-10-17(11)14/h9-11H,5-8H2,1-4H3. The zero-order valence-corrected chi connectivity index (χ0v) is 16.5. The quantitative estimate of drug-likeness (QED) is 0.380. The topological polar surface area (TPSA) is 96.7 Å². The summed E-state index contributed by atoms with van der Waals surface area (Å²) < 4.78 is 30.0. The van der Waals surface area contributed by atoms with Gasteiger partial charge in [-0.2, -0.15) is 4.98 Å². The molecule has 0 fully saturated rings. The van der Waals surface area contributed by atoms with Crippen molar-refractivity contribution in [2.75, 3.05) is 19.8 Å². The number of carbonyl (C=O) groups is 1. The highest BCUT2D eigenvalue weighted by atomic mass is 32.2. The molecule has 0 amide bonds. The lowest BCUT2D eigenvalue weighted by Gasteiger charge is -2.36. The Morgan fingerprint density at radius 2 is 1.92 bits per heavy atom. The van der Waals surface area contributed by atoms with E-state index >= 15 is 0 Å². The number of ether oxygens (including phenoxy) is 1. The molecule has 1 aromatic heterocycles. The first kappa shape index (κ1) is 20.2. The van der Waals surface area contributed by atoms with Crippen molar-refractivity contribution < 1.29 is 23.1 Å². The molecule has 2 atom stereocenters. The number of hydrogen-bond acceptors (Lipinski definition) is 8. The Kier molecular flexibility index (Phi) is 6.48. The minimum Gasteiger partial charge on any atom is -0.464 e. The van der Waals surface area contributed by atoms with Crippen LogP contribution in [0.15, 0.2) is 22.2 Å². The van der Waals surface area contributed by atoms with Crippen LogP contribution in [0.2, 0.25) is 0 Å². The van der Waals surface area contributed by atoms with Crippen molar-refractivity contribution in [3.05, 3.63) is 22.6 Å². The van der Waals surface area contributed by atoms with Gasteiger partial charge in [0.1, 0.15) is 0 Å². The van der Waals surface area contributed by atoms with Gasteiger partial charge in [-0.3, -0.25) is 9.36 Å². The van der Waals surface area contributed by atoms with Gasteiger partial charge in [-0.15, -0.1) is 0 Å². The van der Waals surface area contributed by atoms with Crippen molar-refractivity contribution >= 4 is 25.3 Å². The molecule has 0 bridgehead atoms. The van der Waals surface area contributed by atoms with Crippen LogP contribution in [0.5, 0.6) is 0 Å². The van der Waals surface area contributed by atoms with Gasteiger partial charge in [-0.1, -0.05) is 18.7 Å². The lowest BCUT2D eigenvalue weighted by molar-refractivity contribution is -0.145. The van der Waals surface area contributed by atoms with E-state index in [4.69, 9.17) is 13.8 Å². The lowest BCUT2D eigenvalue weighted by Crippen LogP contribution is -2.42. The summed E-state index contributed by atoms with van der Waals surface area (Å²) in [5.41, 5.74) is -0.434. The van der Waals surface area contributed by atoms with E-state index in [1.807, 2.05) is 6.92 Å². The van der Waals surface area contributed by atoms with E-state index in [1.165, 1.54) is 6.07 Å². The first-order valence-corrected chi connectivity index (χ1v) is 10.6. The highest BCUT2D eigenvalue weighted by Gasteiger charge is 2.67. The molecule has 0 radical (unpaired) electrons. The van der Waals surface area contributed by atoms with Gasteiger partial charge in [0.05, 0.1) is 25.9 Å². The molecule has 2 heterocycles. The van der Waals surface area contributed by atoms with Crippen molar-refractivity contribution in [2.45, 2.75) is 49.8 Å². The third-order valence-corrected chi connectivity index (χ3v) is 8.47. The third kappa shape index (κ3) is 3.30. The van der Waals surface area contributed by atoms with Crippen LogP contribution < -0.4 is 5.56 Å². The summed E-state index contributed by atoms with van der Waals surface area (Å²) in [6.07, 6.45) is 2.00. The molecule has 2 rings (SSSR count). The fourth-order valence-corrected chi connectivity index (χ4v) is 7.28. The van der Waals surface area contributed by atoms with Crippen molar-refractivity contribution in [3.63, 3.8) is 0 Å². The fourth-order valence-electron chi connectivity index (χ4n) is 2.91. The van der Waals surface area contributed by atoms with E-state index in [0.717, 1.165) is 11.8 Å². The van der Waals surface area contributed by atoms with Gasteiger partial charge >= 0.3 is 13.6 Å². The average Bonchev–Trinajstić information content (AvgIpc) is 2.90. The Morgan fingerprint density at radius 1 is 1.28 bits per heavy atom. The molecule has 0 aromatic carbocycles. The lowest BCUT2D eigenvalue weighted by atomic mass is 10.1. The maximum absolute atomic E-state index is 13.7. The van der Waals surface area contributed by atoms with Crippen LogP contribution in [0.3, 0.4) is 0 Å². The van der Waals surface area contributed by atoms with Crippen LogP contribution in [0, 0.1) is 0 Å². The third-order valence-electron chi connectivity index (χ3n) is 3.80. The fraction of sp³-hybridized carbons (Fsp3) is 0.667. The molecule has 0 saturated carbocycles. The molecule has 0 aliphatic carbocycles. The number of carbonyl (C=O) groups excluding carboxylic acids is 1. The Labute approximate surface area is 150 Å². The first-order chi connectivity index (χ1) is 11.9. The highest BCUT2D eigenvalue weighted by Crippen LogP contribution is 2.73. The second kappa shape index (κ2) is 8.03. The summed E-state index contributed by atoms with van der Waals surface area (Å²) in [6, 6.07) is 0.726. The van der Waals surface area contributed by atoms with Crippen molar-refractivity contribution in [3.8, 4) is 0 Å². The Hall–Kier alpha value is -1.15. The molecular weight excluding hydrogens is 367 g/mol. The summed E-state index contributed by atoms with van der Waals surface area (Å²) >= 11 is 0.930. The molecule has 2 unspecified atom stereocenters. The second-order valence-electron chi connectivity index (χ2n) is 5.23. The normalized spacial score (nSPS) is 22.6. The van der Waals surface area contributed by atoms with E-state index in [0.29, 0.717) is 11.6 Å². The Morgan fingerprint density at radius 3 is 2.44 bits per heavy atom. The van der Waals surface area contributed by atoms with Crippen LogP contribution in [0.4, 0.5) is 0 Å². The molecule has 1 aromatic rings. The minimum atomic E-state index is -3.93. The minimum absolute atomic E-state index is 0.108. The number of aromatic nitrogens is 2. The van der Waals surface area contributed by atoms with Crippen molar-refractivity contribution in [2.24, 2.45) is 0 Å². The molecule has 0 saturated heterocycles. The molecule has 10 heteroatoms. The summed E-state index contributed by atoms with van der Waals surface area (Å²) in [5.74, 6) is -0.685. The molecule has 25 heavy (non-hydrogen) atoms. The summed E-state index contributed by atoms with van der Waals surface area (Å²) in [4.78, 5) is 28.6. The van der Waals surface area contributed by atoms with Gasteiger partial charge in [-0.25, -0.2) is 4.79 Å². The molecule has 8 nitrogen and oxygen atoms in total. The van der Waals surface area contributed by atoms with Crippen LogP contribution in [-0.2, 0) is 23.1 Å². The molecule has 1 aliphatic heterocycles. The highest BCUT2D eigenvalue weighted by molar-refractivity contribution is 8.07. The average molecular weight is 390 g/mol. The van der Waals surface area contributed by atoms with Gasteiger partial charge < -0.3 is 18.4 Å². The van der Waals surface area contributed by atoms with Gasteiger partial charge in [0.15, 0.2) is 5.16 Å². The summed E-state index contributed by atoms with van der Waals surface area (Å²) in [7, 11) is -3.93. The number of nitrogens with zero attached hydrogens (tertiary/aromatic N) is 2. The number of thioether (sulfide) groups is 1. The van der Waals surface area contributed by atoms with E-state index in [-0.39, 0.29) is 19.8 Å². The van der Waals surface area contributed by atoms with Gasteiger partial charge in [-0.05, 0) is 27.2 Å². The van der Waals surface area contributed by atoms with Gasteiger partial charge in [0, 0.05) is 12.3 Å². The van der Waals surface area contributed by atoms with Crippen LogP contribution in [0.25, 0.3) is 0 Å². The maximum Gasteiger partial charge on any atom is 0.360 e. The Balaban J connectivity index is 2.70. The van der Waals surface area contributed by atoms with Gasteiger partial charge in [0.2, 0.25) is 4.49 Å². The number of esters is 1. The molecule has 0 N–H and O–H groups in total.